The monoisotopic (exact) mass is 257 g/mol. The van der Waals surface area contributed by atoms with Gasteiger partial charge in [-0.1, -0.05) is 0 Å². The van der Waals surface area contributed by atoms with Crippen LogP contribution in [0, 0.1) is 0 Å². The second-order valence-electron chi connectivity index (χ2n) is 5.08. The zero-order chi connectivity index (χ0) is 13.9. The van der Waals surface area contributed by atoms with Crippen LogP contribution in [0.2, 0.25) is 0 Å². The summed E-state index contributed by atoms with van der Waals surface area (Å²) in [5, 5.41) is 11.2. The standard InChI is InChI=1S/C11H19N3O4/c1-11(2)4-3-5-14(11)10(18)13-7(9(16)17)6-8(12)15/h7H,3-6H2,1-2H3,(H2,12,15)(H,13,18)(H,16,17)/t7-/m0/s1. The zero-order valence-electron chi connectivity index (χ0n) is 10.6. The third-order valence-electron chi connectivity index (χ3n) is 3.15. The van der Waals surface area contributed by atoms with Crippen molar-refractivity contribution in [3.63, 3.8) is 0 Å². The van der Waals surface area contributed by atoms with E-state index in [1.54, 1.807) is 4.90 Å². The Morgan fingerprint density at radius 1 is 1.44 bits per heavy atom. The van der Waals surface area contributed by atoms with Crippen LogP contribution in [0.3, 0.4) is 0 Å². The smallest absolute Gasteiger partial charge is 0.326 e. The lowest BCUT2D eigenvalue weighted by molar-refractivity contribution is -0.141. The second-order valence-corrected chi connectivity index (χ2v) is 5.08. The number of amides is 3. The Bertz CT molecular complexity index is 367. The third-order valence-corrected chi connectivity index (χ3v) is 3.15. The maximum atomic E-state index is 12.0. The summed E-state index contributed by atoms with van der Waals surface area (Å²) in [6.07, 6.45) is 1.34. The molecule has 1 aliphatic heterocycles. The molecule has 1 atom stereocenters. The summed E-state index contributed by atoms with van der Waals surface area (Å²) in [5.74, 6) is -2.03. The van der Waals surface area contributed by atoms with Crippen LogP contribution in [0.5, 0.6) is 0 Å². The fourth-order valence-corrected chi connectivity index (χ4v) is 2.11. The summed E-state index contributed by atoms with van der Waals surface area (Å²) >= 11 is 0. The highest BCUT2D eigenvalue weighted by Crippen LogP contribution is 2.27. The molecule has 1 fully saturated rings. The van der Waals surface area contributed by atoms with Gasteiger partial charge in [-0.15, -0.1) is 0 Å². The number of nitrogens with two attached hydrogens (primary N) is 1. The number of primary amides is 1. The van der Waals surface area contributed by atoms with Gasteiger partial charge in [0.25, 0.3) is 0 Å². The van der Waals surface area contributed by atoms with Crippen LogP contribution in [-0.2, 0) is 9.59 Å². The number of hydrogen-bond acceptors (Lipinski definition) is 3. The number of nitrogens with zero attached hydrogens (tertiary/aromatic N) is 1. The molecule has 7 heteroatoms. The van der Waals surface area contributed by atoms with E-state index in [-0.39, 0.29) is 5.54 Å². The van der Waals surface area contributed by atoms with Crippen LogP contribution < -0.4 is 11.1 Å². The maximum Gasteiger partial charge on any atom is 0.326 e. The molecule has 3 amide bonds. The van der Waals surface area contributed by atoms with Gasteiger partial charge in [0.2, 0.25) is 5.91 Å². The average Bonchev–Trinajstić information content (AvgIpc) is 2.56. The molecular weight excluding hydrogens is 238 g/mol. The highest BCUT2D eigenvalue weighted by atomic mass is 16.4. The Labute approximate surface area is 105 Å². The van der Waals surface area contributed by atoms with Crippen LogP contribution >= 0.6 is 0 Å². The minimum absolute atomic E-state index is 0.292. The van der Waals surface area contributed by atoms with Crippen LogP contribution in [0.25, 0.3) is 0 Å². The van der Waals surface area contributed by atoms with Crippen molar-refractivity contribution in [2.75, 3.05) is 6.54 Å². The molecule has 7 nitrogen and oxygen atoms in total. The van der Waals surface area contributed by atoms with Gasteiger partial charge in [-0.2, -0.15) is 0 Å². The van der Waals surface area contributed by atoms with Crippen molar-refractivity contribution in [2.45, 2.75) is 44.7 Å². The van der Waals surface area contributed by atoms with E-state index in [0.29, 0.717) is 6.54 Å². The Morgan fingerprint density at radius 2 is 2.06 bits per heavy atom. The summed E-state index contributed by atoms with van der Waals surface area (Å²) < 4.78 is 0. The Hall–Kier alpha value is -1.79. The van der Waals surface area contributed by atoms with Crippen LogP contribution in [0.4, 0.5) is 4.79 Å². The quantitative estimate of drug-likeness (QED) is 0.652. The van der Waals surface area contributed by atoms with Gasteiger partial charge >= 0.3 is 12.0 Å². The lowest BCUT2D eigenvalue weighted by atomic mass is 10.0. The van der Waals surface area contributed by atoms with E-state index >= 15 is 0 Å². The molecule has 0 aromatic rings. The van der Waals surface area contributed by atoms with Crippen LogP contribution in [-0.4, -0.2) is 46.0 Å². The number of carboxylic acids is 1. The predicted octanol–water partition coefficient (Wildman–Crippen LogP) is -0.101. The molecule has 0 aromatic carbocycles. The van der Waals surface area contributed by atoms with Crippen molar-refractivity contribution in [2.24, 2.45) is 5.73 Å². The number of rotatable bonds is 4. The van der Waals surface area contributed by atoms with Gasteiger partial charge in [0.1, 0.15) is 6.04 Å². The molecule has 0 saturated carbocycles. The fraction of sp³-hybridized carbons (Fsp3) is 0.727. The van der Waals surface area contributed by atoms with Crippen molar-refractivity contribution in [1.82, 2.24) is 10.2 Å². The predicted molar refractivity (Wildman–Crippen MR) is 63.8 cm³/mol. The van der Waals surface area contributed by atoms with Gasteiger partial charge in [-0.3, -0.25) is 4.79 Å². The number of nitrogens with one attached hydrogen (secondary N) is 1. The van der Waals surface area contributed by atoms with Crippen LogP contribution in [0.15, 0.2) is 0 Å². The first-order valence-corrected chi connectivity index (χ1v) is 5.83. The summed E-state index contributed by atoms with van der Waals surface area (Å²) in [4.78, 5) is 35.2. The number of carbonyl (C=O) groups excluding carboxylic acids is 2. The fourth-order valence-electron chi connectivity index (χ4n) is 2.11. The van der Waals surface area contributed by atoms with Gasteiger partial charge < -0.3 is 21.1 Å². The van der Waals surface area contributed by atoms with Crippen molar-refractivity contribution < 1.29 is 19.5 Å². The lowest BCUT2D eigenvalue weighted by Crippen LogP contribution is -2.53. The molecule has 1 aliphatic rings. The normalized spacial score (nSPS) is 19.3. The number of hydrogen-bond donors (Lipinski definition) is 3. The van der Waals surface area contributed by atoms with E-state index in [1.165, 1.54) is 0 Å². The van der Waals surface area contributed by atoms with Crippen molar-refractivity contribution >= 4 is 17.9 Å². The Morgan fingerprint density at radius 3 is 2.44 bits per heavy atom. The first-order valence-electron chi connectivity index (χ1n) is 5.83. The van der Waals surface area contributed by atoms with Crippen molar-refractivity contribution in [3.8, 4) is 0 Å². The molecular formula is C11H19N3O4. The van der Waals surface area contributed by atoms with Crippen molar-refractivity contribution in [1.29, 1.82) is 0 Å². The van der Waals surface area contributed by atoms with E-state index in [1.807, 2.05) is 13.8 Å². The summed E-state index contributed by atoms with van der Waals surface area (Å²) in [6, 6.07) is -1.74. The molecule has 0 unspecified atom stereocenters. The molecule has 1 rings (SSSR count). The van der Waals surface area contributed by atoms with Gasteiger partial charge in [-0.25, -0.2) is 9.59 Å². The van der Waals surface area contributed by atoms with Crippen LogP contribution in [0.1, 0.15) is 33.1 Å². The topological polar surface area (TPSA) is 113 Å². The molecule has 1 heterocycles. The number of urea groups is 1. The number of aliphatic carboxylic acids is 1. The van der Waals surface area contributed by atoms with E-state index in [0.717, 1.165) is 12.8 Å². The zero-order valence-corrected chi connectivity index (χ0v) is 10.6. The largest absolute Gasteiger partial charge is 0.480 e. The summed E-state index contributed by atoms with van der Waals surface area (Å²) in [6.45, 7) is 4.43. The molecule has 4 N–H and O–H groups in total. The molecule has 0 aliphatic carbocycles. The second kappa shape index (κ2) is 5.24. The highest BCUT2D eigenvalue weighted by molar-refractivity contribution is 5.87. The van der Waals surface area contributed by atoms with E-state index in [4.69, 9.17) is 10.8 Å². The maximum absolute atomic E-state index is 12.0. The first kappa shape index (κ1) is 14.3. The minimum Gasteiger partial charge on any atom is -0.480 e. The molecule has 0 spiro atoms. The first-order chi connectivity index (χ1) is 8.24. The molecule has 102 valence electrons. The Balaban J connectivity index is 2.67. The summed E-state index contributed by atoms with van der Waals surface area (Å²) in [7, 11) is 0. The Kier molecular flexibility index (Phi) is 4.15. The van der Waals surface area contributed by atoms with Crippen molar-refractivity contribution in [3.05, 3.63) is 0 Å². The average molecular weight is 257 g/mol. The van der Waals surface area contributed by atoms with E-state index < -0.39 is 30.4 Å². The molecule has 0 radical (unpaired) electrons. The van der Waals surface area contributed by atoms with Gasteiger partial charge in [0, 0.05) is 12.1 Å². The van der Waals surface area contributed by atoms with Gasteiger partial charge in [-0.05, 0) is 26.7 Å². The lowest BCUT2D eigenvalue weighted by Gasteiger charge is -2.32. The highest BCUT2D eigenvalue weighted by Gasteiger charge is 2.36. The minimum atomic E-state index is -1.27. The molecule has 0 aromatic heterocycles. The SMILES string of the molecule is CC1(C)CCCN1C(=O)N[C@@H](CC(N)=O)C(=O)O. The third kappa shape index (κ3) is 3.35. The van der Waals surface area contributed by atoms with Gasteiger partial charge in [0.05, 0.1) is 6.42 Å². The number of likely N-dealkylation sites (tertiary alicyclic amines) is 1. The molecule has 0 bridgehead atoms. The van der Waals surface area contributed by atoms with E-state index in [9.17, 15) is 14.4 Å². The molecule has 1 saturated heterocycles. The summed E-state index contributed by atoms with van der Waals surface area (Å²) in [5.41, 5.74) is 4.65. The molecule has 18 heavy (non-hydrogen) atoms. The number of carbonyl (C=O) groups is 3. The van der Waals surface area contributed by atoms with Gasteiger partial charge in [0.15, 0.2) is 0 Å². The van der Waals surface area contributed by atoms with E-state index in [2.05, 4.69) is 5.32 Å². The number of carboxylic acid groups (broad SMARTS) is 1.